The van der Waals surface area contributed by atoms with Crippen LogP contribution in [0, 0.1) is 0 Å². The number of ether oxygens (including phenoxy) is 2. The normalized spacial score (nSPS) is 14.3. The van der Waals surface area contributed by atoms with Crippen molar-refractivity contribution >= 4 is 55.8 Å². The summed E-state index contributed by atoms with van der Waals surface area (Å²) in [6.45, 7) is -0.000304. The van der Waals surface area contributed by atoms with E-state index in [4.69, 9.17) is 14.5 Å². The van der Waals surface area contributed by atoms with Gasteiger partial charge in [0.05, 0.1) is 28.6 Å². The zero-order valence-corrected chi connectivity index (χ0v) is 21.3. The number of thioether (sulfide) groups is 1. The van der Waals surface area contributed by atoms with Crippen LogP contribution in [-0.4, -0.2) is 27.8 Å². The molecule has 1 saturated heterocycles. The van der Waals surface area contributed by atoms with E-state index in [1.165, 1.54) is 11.7 Å². The van der Waals surface area contributed by atoms with Gasteiger partial charge in [-0.3, -0.25) is 24.3 Å². The summed E-state index contributed by atoms with van der Waals surface area (Å²) < 4.78 is 14.0. The molecule has 36 heavy (non-hydrogen) atoms. The molecule has 0 bridgehead atoms. The van der Waals surface area contributed by atoms with E-state index in [9.17, 15) is 14.4 Å². The number of methoxy groups -OCH3 is 1. The summed E-state index contributed by atoms with van der Waals surface area (Å²) >= 11 is 4.27. The van der Waals surface area contributed by atoms with E-state index in [-0.39, 0.29) is 12.2 Å². The van der Waals surface area contributed by atoms with Crippen LogP contribution in [-0.2, 0) is 11.4 Å². The van der Waals surface area contributed by atoms with Crippen molar-refractivity contribution in [2.45, 2.75) is 6.61 Å². The van der Waals surface area contributed by atoms with Crippen LogP contribution in [0.25, 0.3) is 22.7 Å². The van der Waals surface area contributed by atoms with Gasteiger partial charge in [-0.2, -0.15) is 0 Å². The summed E-state index contributed by atoms with van der Waals surface area (Å²) in [7, 11) is 1.51. The number of carbonyl (C=O) groups is 2. The lowest BCUT2D eigenvalue weighted by molar-refractivity contribution is -0.115. The van der Waals surface area contributed by atoms with Gasteiger partial charge in [0.15, 0.2) is 17.3 Å². The number of aromatic nitrogens is 2. The first-order valence-corrected chi connectivity index (χ1v) is 12.4. The van der Waals surface area contributed by atoms with E-state index >= 15 is 0 Å². The fourth-order valence-electron chi connectivity index (χ4n) is 3.74. The van der Waals surface area contributed by atoms with Gasteiger partial charge in [0.2, 0.25) is 0 Å². The number of hydrogen-bond acceptors (Lipinski definition) is 7. The van der Waals surface area contributed by atoms with E-state index in [2.05, 4.69) is 21.2 Å². The van der Waals surface area contributed by atoms with Gasteiger partial charge in [0.25, 0.3) is 16.7 Å². The molecule has 2 heterocycles. The highest BCUT2D eigenvalue weighted by molar-refractivity contribution is 9.10. The van der Waals surface area contributed by atoms with Crippen LogP contribution < -0.4 is 20.3 Å². The number of nitrogens with zero attached hydrogens (tertiary/aromatic N) is 2. The summed E-state index contributed by atoms with van der Waals surface area (Å²) in [4.78, 5) is 41.7. The van der Waals surface area contributed by atoms with E-state index in [1.807, 2.05) is 30.3 Å². The molecule has 0 unspecified atom stereocenters. The number of halogens is 1. The minimum absolute atomic E-state index is 0.000304. The lowest BCUT2D eigenvalue weighted by atomic mass is 10.2. The maximum absolute atomic E-state index is 13.4. The Labute approximate surface area is 218 Å². The Morgan fingerprint density at radius 2 is 1.81 bits per heavy atom. The molecule has 1 aromatic heterocycles. The third-order valence-electron chi connectivity index (χ3n) is 5.41. The number of hydrogen-bond donors (Lipinski definition) is 1. The molecular formula is C26H18BrN3O5S. The van der Waals surface area contributed by atoms with Crippen molar-refractivity contribution in [1.82, 2.24) is 14.9 Å². The lowest BCUT2D eigenvalue weighted by Gasteiger charge is -2.16. The van der Waals surface area contributed by atoms with Gasteiger partial charge in [-0.1, -0.05) is 34.1 Å². The van der Waals surface area contributed by atoms with Crippen LogP contribution in [0.3, 0.4) is 0 Å². The van der Waals surface area contributed by atoms with Crippen LogP contribution in [0.5, 0.6) is 11.5 Å². The molecule has 4 aromatic rings. The zero-order chi connectivity index (χ0) is 25.2. The molecule has 0 spiro atoms. The molecule has 5 rings (SSSR count). The summed E-state index contributed by atoms with van der Waals surface area (Å²) in [5.41, 5.74) is 1.71. The molecule has 1 aliphatic heterocycles. The average molecular weight is 564 g/mol. The predicted octanol–water partition coefficient (Wildman–Crippen LogP) is 5.06. The highest BCUT2D eigenvalue weighted by atomic mass is 79.9. The Kier molecular flexibility index (Phi) is 6.62. The van der Waals surface area contributed by atoms with Gasteiger partial charge in [-0.25, -0.2) is 4.98 Å². The first kappa shape index (κ1) is 23.8. The van der Waals surface area contributed by atoms with Crippen LogP contribution in [0.4, 0.5) is 4.79 Å². The Balaban J connectivity index is 1.49. The minimum atomic E-state index is -0.433. The van der Waals surface area contributed by atoms with Crippen molar-refractivity contribution in [3.63, 3.8) is 0 Å². The van der Waals surface area contributed by atoms with Crippen molar-refractivity contribution in [3.05, 3.63) is 97.8 Å². The smallest absolute Gasteiger partial charge is 0.290 e. The average Bonchev–Trinajstić information content (AvgIpc) is 3.20. The molecule has 8 nitrogen and oxygen atoms in total. The fourth-order valence-corrected chi connectivity index (χ4v) is 4.69. The SMILES string of the molecule is COc1cc(/C=C2/SC(=O)NC2=O)ccc1OCc1nc2ccccc2c(=O)n1-c1ccc(Br)cc1. The molecule has 0 atom stereocenters. The summed E-state index contributed by atoms with van der Waals surface area (Å²) in [5, 5.41) is 2.33. The molecule has 3 aromatic carbocycles. The number of rotatable bonds is 6. The van der Waals surface area contributed by atoms with Crippen LogP contribution >= 0.6 is 27.7 Å². The number of para-hydroxylation sites is 1. The van der Waals surface area contributed by atoms with Crippen molar-refractivity contribution in [1.29, 1.82) is 0 Å². The maximum Gasteiger partial charge on any atom is 0.290 e. The topological polar surface area (TPSA) is 99.5 Å². The minimum Gasteiger partial charge on any atom is -0.493 e. The first-order valence-electron chi connectivity index (χ1n) is 10.8. The van der Waals surface area contributed by atoms with Gasteiger partial charge < -0.3 is 9.47 Å². The third kappa shape index (κ3) is 4.77. The molecule has 0 radical (unpaired) electrons. The van der Waals surface area contributed by atoms with Crippen LogP contribution in [0.15, 0.2) is 80.9 Å². The van der Waals surface area contributed by atoms with E-state index in [0.717, 1.165) is 16.2 Å². The maximum atomic E-state index is 13.4. The molecule has 2 amide bonds. The predicted molar refractivity (Wildman–Crippen MR) is 141 cm³/mol. The second-order valence-corrected chi connectivity index (χ2v) is 9.64. The highest BCUT2D eigenvalue weighted by Crippen LogP contribution is 2.32. The van der Waals surface area contributed by atoms with E-state index in [1.54, 1.807) is 42.5 Å². The van der Waals surface area contributed by atoms with E-state index in [0.29, 0.717) is 44.4 Å². The third-order valence-corrected chi connectivity index (χ3v) is 6.75. The van der Waals surface area contributed by atoms with Gasteiger partial charge in [-0.05, 0) is 71.9 Å². The number of benzene rings is 3. The van der Waals surface area contributed by atoms with Crippen molar-refractivity contribution in [3.8, 4) is 17.2 Å². The van der Waals surface area contributed by atoms with Gasteiger partial charge in [0, 0.05) is 4.47 Å². The van der Waals surface area contributed by atoms with Gasteiger partial charge in [-0.15, -0.1) is 0 Å². The quantitative estimate of drug-likeness (QED) is 0.327. The fraction of sp³-hybridized carbons (Fsp3) is 0.0769. The summed E-state index contributed by atoms with van der Waals surface area (Å²) in [5.74, 6) is 0.853. The molecule has 1 aliphatic rings. The Hall–Kier alpha value is -3.89. The first-order chi connectivity index (χ1) is 17.4. The monoisotopic (exact) mass is 563 g/mol. The van der Waals surface area contributed by atoms with Crippen LogP contribution in [0.2, 0.25) is 0 Å². The van der Waals surface area contributed by atoms with Crippen molar-refractivity contribution in [2.24, 2.45) is 0 Å². The highest BCUT2D eigenvalue weighted by Gasteiger charge is 2.25. The lowest BCUT2D eigenvalue weighted by Crippen LogP contribution is -2.25. The van der Waals surface area contributed by atoms with Crippen molar-refractivity contribution in [2.75, 3.05) is 7.11 Å². The zero-order valence-electron chi connectivity index (χ0n) is 18.9. The van der Waals surface area contributed by atoms with Gasteiger partial charge in [0.1, 0.15) is 6.61 Å². The van der Waals surface area contributed by atoms with Crippen LogP contribution in [0.1, 0.15) is 11.4 Å². The molecule has 1 fully saturated rings. The largest absolute Gasteiger partial charge is 0.493 e. The molecule has 10 heteroatoms. The van der Waals surface area contributed by atoms with E-state index < -0.39 is 11.1 Å². The standard InChI is InChI=1S/C26H18BrN3O5S/c1-34-21-12-15(13-22-24(31)29-26(33)36-22)6-11-20(21)35-14-23-28-19-5-3-2-4-18(19)25(32)30(23)17-9-7-16(27)8-10-17/h2-13H,14H2,1H3,(H,29,31,33)/b22-13+. The number of imide groups is 1. The molecule has 180 valence electrons. The summed E-state index contributed by atoms with van der Waals surface area (Å²) in [6, 6.07) is 19.7. The molecule has 0 aliphatic carbocycles. The molecule has 0 saturated carbocycles. The number of fused-ring (bicyclic) bond motifs is 1. The number of carbonyl (C=O) groups excluding carboxylic acids is 2. The molecular weight excluding hydrogens is 546 g/mol. The Morgan fingerprint density at radius 1 is 1.03 bits per heavy atom. The second-order valence-electron chi connectivity index (χ2n) is 7.71. The Morgan fingerprint density at radius 3 is 2.53 bits per heavy atom. The van der Waals surface area contributed by atoms with Crippen molar-refractivity contribution < 1.29 is 19.1 Å². The Bertz CT molecular complexity index is 1600. The number of amides is 2. The van der Waals surface area contributed by atoms with Gasteiger partial charge >= 0.3 is 0 Å². The molecule has 1 N–H and O–H groups in total. The summed E-state index contributed by atoms with van der Waals surface area (Å²) in [6.07, 6.45) is 1.60. The number of nitrogens with one attached hydrogen (secondary N) is 1. The second kappa shape index (κ2) is 10.00.